The number of nitrogens with zero attached hydrogens (tertiary/aromatic N) is 1. The number of benzene rings is 3. The van der Waals surface area contributed by atoms with Crippen LogP contribution >= 0.6 is 0 Å². The molecule has 4 aromatic rings. The Hall–Kier alpha value is -3.39. The maximum absolute atomic E-state index is 4.62. The third kappa shape index (κ3) is 2.23. The van der Waals surface area contributed by atoms with E-state index in [1.54, 1.807) is 0 Å². The summed E-state index contributed by atoms with van der Waals surface area (Å²) in [4.78, 5) is 8.03. The molecule has 0 bridgehead atoms. The number of nitrogens with one attached hydrogen (secondary N) is 1. The molecule has 3 aromatic carbocycles. The van der Waals surface area contributed by atoms with Crippen molar-refractivity contribution in [2.24, 2.45) is 4.99 Å². The van der Waals surface area contributed by atoms with Crippen molar-refractivity contribution in [2.45, 2.75) is 0 Å². The number of rotatable bonds is 2. The molecule has 0 atom stereocenters. The molecule has 2 nitrogen and oxygen atoms in total. The highest BCUT2D eigenvalue weighted by Crippen LogP contribution is 2.40. The number of hydrogen-bond acceptors (Lipinski definition) is 1. The average molecular weight is 320 g/mol. The standard InChI is InChI=1S/C23H16N2/c1-2-8-16(9-3-1)23(19-14-24-21-12-6-4-10-17(19)21)20-15-25-22-13-7-5-11-18(20)22/h1-15,24H/b23-20-. The van der Waals surface area contributed by atoms with Gasteiger partial charge in [-0.15, -0.1) is 0 Å². The van der Waals surface area contributed by atoms with Crippen molar-refractivity contribution in [3.8, 4) is 0 Å². The van der Waals surface area contributed by atoms with Gasteiger partial charge in [-0.3, -0.25) is 4.99 Å². The molecule has 0 saturated carbocycles. The Morgan fingerprint density at radius 3 is 2.44 bits per heavy atom. The first-order valence-electron chi connectivity index (χ1n) is 8.41. The van der Waals surface area contributed by atoms with Gasteiger partial charge >= 0.3 is 0 Å². The van der Waals surface area contributed by atoms with E-state index >= 15 is 0 Å². The average Bonchev–Trinajstić information content (AvgIpc) is 3.29. The van der Waals surface area contributed by atoms with E-state index in [9.17, 15) is 0 Å². The number of fused-ring (bicyclic) bond motifs is 2. The fourth-order valence-electron chi connectivity index (χ4n) is 3.56. The van der Waals surface area contributed by atoms with Crippen molar-refractivity contribution < 1.29 is 0 Å². The summed E-state index contributed by atoms with van der Waals surface area (Å²) in [5.74, 6) is 0. The van der Waals surface area contributed by atoms with E-state index in [-0.39, 0.29) is 0 Å². The number of para-hydroxylation sites is 2. The number of H-pyrrole nitrogens is 1. The highest BCUT2D eigenvalue weighted by molar-refractivity contribution is 6.27. The largest absolute Gasteiger partial charge is 0.361 e. The molecule has 0 amide bonds. The normalized spacial score (nSPS) is 14.7. The summed E-state index contributed by atoms with van der Waals surface area (Å²) in [6, 6.07) is 27.3. The summed E-state index contributed by atoms with van der Waals surface area (Å²) in [6.07, 6.45) is 4.10. The molecule has 1 N–H and O–H groups in total. The van der Waals surface area contributed by atoms with Crippen LogP contribution in [0.2, 0.25) is 0 Å². The summed E-state index contributed by atoms with van der Waals surface area (Å²) in [7, 11) is 0. The molecule has 0 spiro atoms. The molecular formula is C23H16N2. The molecule has 1 aliphatic rings. The predicted octanol–water partition coefficient (Wildman–Crippen LogP) is 5.84. The summed E-state index contributed by atoms with van der Waals surface area (Å²) in [5.41, 5.74) is 8.16. The Bertz CT molecular complexity index is 1130. The van der Waals surface area contributed by atoms with Gasteiger partial charge in [0.15, 0.2) is 0 Å². The lowest BCUT2D eigenvalue weighted by molar-refractivity contribution is 1.46. The van der Waals surface area contributed by atoms with E-state index in [1.807, 2.05) is 12.3 Å². The molecule has 0 aliphatic carbocycles. The molecule has 0 unspecified atom stereocenters. The molecule has 5 rings (SSSR count). The maximum atomic E-state index is 4.62. The molecule has 0 saturated heterocycles. The smallest absolute Gasteiger partial charge is 0.0709 e. The van der Waals surface area contributed by atoms with Crippen molar-refractivity contribution in [1.29, 1.82) is 0 Å². The predicted molar refractivity (Wildman–Crippen MR) is 105 cm³/mol. The van der Waals surface area contributed by atoms with Crippen LogP contribution in [0.4, 0.5) is 5.69 Å². The van der Waals surface area contributed by atoms with Crippen LogP contribution in [0.25, 0.3) is 22.0 Å². The third-order valence-electron chi connectivity index (χ3n) is 4.72. The Morgan fingerprint density at radius 2 is 1.52 bits per heavy atom. The van der Waals surface area contributed by atoms with Crippen molar-refractivity contribution >= 4 is 34.0 Å². The minimum absolute atomic E-state index is 1.03. The maximum Gasteiger partial charge on any atom is 0.0709 e. The molecule has 1 aliphatic heterocycles. The minimum Gasteiger partial charge on any atom is -0.361 e. The highest BCUT2D eigenvalue weighted by Gasteiger charge is 2.20. The zero-order chi connectivity index (χ0) is 16.6. The topological polar surface area (TPSA) is 28.1 Å². The second kappa shape index (κ2) is 5.60. The van der Waals surface area contributed by atoms with Gasteiger partial charge in [0, 0.05) is 45.6 Å². The molecule has 0 radical (unpaired) electrons. The molecule has 118 valence electrons. The van der Waals surface area contributed by atoms with Gasteiger partial charge in [-0.25, -0.2) is 0 Å². The molecule has 0 fully saturated rings. The van der Waals surface area contributed by atoms with Crippen LogP contribution in [-0.2, 0) is 0 Å². The second-order valence-electron chi connectivity index (χ2n) is 6.18. The number of aliphatic imine (C=N–C) groups is 1. The van der Waals surface area contributed by atoms with Gasteiger partial charge in [-0.05, 0) is 17.7 Å². The van der Waals surface area contributed by atoms with Gasteiger partial charge in [0.1, 0.15) is 0 Å². The first-order chi connectivity index (χ1) is 12.4. The van der Waals surface area contributed by atoms with E-state index in [0.717, 1.165) is 11.2 Å². The van der Waals surface area contributed by atoms with Crippen LogP contribution in [0.15, 0.2) is 90.1 Å². The molecular weight excluding hydrogens is 304 g/mol. The number of aromatic nitrogens is 1. The van der Waals surface area contributed by atoms with Gasteiger partial charge in [-0.1, -0.05) is 66.7 Å². The van der Waals surface area contributed by atoms with Crippen molar-refractivity contribution in [3.63, 3.8) is 0 Å². The number of hydrogen-bond donors (Lipinski definition) is 1. The van der Waals surface area contributed by atoms with E-state index in [1.165, 1.54) is 33.2 Å². The summed E-state index contributed by atoms with van der Waals surface area (Å²) in [5, 5.41) is 1.23. The first-order valence-corrected chi connectivity index (χ1v) is 8.41. The van der Waals surface area contributed by atoms with Crippen LogP contribution < -0.4 is 0 Å². The Balaban J connectivity index is 1.86. The summed E-state index contributed by atoms with van der Waals surface area (Å²) in [6.45, 7) is 0. The number of allylic oxidation sites excluding steroid dienone is 1. The number of aromatic amines is 1. The second-order valence-corrected chi connectivity index (χ2v) is 6.18. The summed E-state index contributed by atoms with van der Waals surface area (Å²) >= 11 is 0. The zero-order valence-electron chi connectivity index (χ0n) is 13.6. The lowest BCUT2D eigenvalue weighted by Gasteiger charge is -2.12. The Morgan fingerprint density at radius 1 is 0.760 bits per heavy atom. The fraction of sp³-hybridized carbons (Fsp3) is 0. The molecule has 1 aromatic heterocycles. The Labute approximate surface area is 146 Å². The van der Waals surface area contributed by atoms with Gasteiger partial charge in [0.05, 0.1) is 5.69 Å². The van der Waals surface area contributed by atoms with Crippen LogP contribution in [0, 0.1) is 0 Å². The lowest BCUT2D eigenvalue weighted by Crippen LogP contribution is -1.93. The molecule has 2 heterocycles. The summed E-state index contributed by atoms with van der Waals surface area (Å²) < 4.78 is 0. The van der Waals surface area contributed by atoms with Crippen LogP contribution in [-0.4, -0.2) is 11.2 Å². The minimum atomic E-state index is 1.03. The van der Waals surface area contributed by atoms with Crippen LogP contribution in [0.5, 0.6) is 0 Å². The van der Waals surface area contributed by atoms with E-state index in [4.69, 9.17) is 0 Å². The van der Waals surface area contributed by atoms with Crippen LogP contribution in [0.1, 0.15) is 16.7 Å². The van der Waals surface area contributed by atoms with Gasteiger partial charge < -0.3 is 4.98 Å². The molecule has 25 heavy (non-hydrogen) atoms. The van der Waals surface area contributed by atoms with E-state index in [2.05, 4.69) is 89.0 Å². The monoisotopic (exact) mass is 320 g/mol. The SMILES string of the molecule is C1=Nc2ccccc2/C1=C(/c1ccccc1)c1c[nH]c2ccccc12. The highest BCUT2D eigenvalue weighted by atomic mass is 14.8. The zero-order valence-corrected chi connectivity index (χ0v) is 13.6. The molecule has 2 heteroatoms. The Kier molecular flexibility index (Phi) is 3.14. The van der Waals surface area contributed by atoms with Gasteiger partial charge in [-0.2, -0.15) is 0 Å². The lowest BCUT2D eigenvalue weighted by atomic mass is 9.90. The van der Waals surface area contributed by atoms with Crippen molar-refractivity contribution in [2.75, 3.05) is 0 Å². The van der Waals surface area contributed by atoms with E-state index < -0.39 is 0 Å². The van der Waals surface area contributed by atoms with E-state index in [0.29, 0.717) is 0 Å². The third-order valence-corrected chi connectivity index (χ3v) is 4.72. The van der Waals surface area contributed by atoms with Gasteiger partial charge in [0.2, 0.25) is 0 Å². The van der Waals surface area contributed by atoms with Crippen LogP contribution in [0.3, 0.4) is 0 Å². The van der Waals surface area contributed by atoms with Crippen molar-refractivity contribution in [3.05, 3.63) is 102 Å². The first kappa shape index (κ1) is 14.0. The van der Waals surface area contributed by atoms with Crippen molar-refractivity contribution in [1.82, 2.24) is 4.98 Å². The quantitative estimate of drug-likeness (QED) is 0.480. The fourth-order valence-corrected chi connectivity index (χ4v) is 3.56. The van der Waals surface area contributed by atoms with Gasteiger partial charge in [0.25, 0.3) is 0 Å².